The molecule has 0 aromatic rings. The average Bonchev–Trinajstić information content (AvgIpc) is 3.63. The van der Waals surface area contributed by atoms with Gasteiger partial charge in [0, 0.05) is 26.1 Å². The van der Waals surface area contributed by atoms with Gasteiger partial charge in [-0.05, 0) is 51.0 Å². The quantitative estimate of drug-likeness (QED) is 0.185. The fraction of sp³-hybridized carbons (Fsp3) is 0.767. The second kappa shape index (κ2) is 14.6. The lowest BCUT2D eigenvalue weighted by Gasteiger charge is -2.35. The molecule has 2 rings (SSSR count). The summed E-state index contributed by atoms with van der Waals surface area (Å²) in [5, 5.41) is 20.5. The van der Waals surface area contributed by atoms with E-state index in [1.807, 2.05) is 52.0 Å². The van der Waals surface area contributed by atoms with E-state index < -0.39 is 23.8 Å². The molecular weight excluding hydrogens is 472 g/mol. The molecule has 1 fully saturated rings. The lowest BCUT2D eigenvalue weighted by Crippen LogP contribution is -2.42. The number of methoxy groups -OCH3 is 2. The smallest absolute Gasteiger partial charge is 0.309 e. The van der Waals surface area contributed by atoms with Gasteiger partial charge in [-0.1, -0.05) is 58.1 Å². The van der Waals surface area contributed by atoms with Crippen molar-refractivity contribution in [2.45, 2.75) is 116 Å². The van der Waals surface area contributed by atoms with Gasteiger partial charge in [0.25, 0.3) is 0 Å². The van der Waals surface area contributed by atoms with E-state index in [2.05, 4.69) is 19.9 Å². The van der Waals surface area contributed by atoms with E-state index in [1.54, 1.807) is 14.2 Å². The van der Waals surface area contributed by atoms with Crippen LogP contribution in [0.2, 0.25) is 0 Å². The van der Waals surface area contributed by atoms with Gasteiger partial charge in [-0.25, -0.2) is 0 Å². The van der Waals surface area contributed by atoms with Crippen LogP contribution in [0, 0.1) is 17.8 Å². The second-order valence-electron chi connectivity index (χ2n) is 11.2. The highest BCUT2D eigenvalue weighted by atomic mass is 16.6. The Kier molecular flexibility index (Phi) is 12.5. The molecule has 0 spiro atoms. The molecule has 0 saturated carbocycles. The minimum Gasteiger partial charge on any atom is -0.457 e. The summed E-state index contributed by atoms with van der Waals surface area (Å²) in [7, 11) is 3.29. The van der Waals surface area contributed by atoms with Crippen LogP contribution in [0.25, 0.3) is 0 Å². The van der Waals surface area contributed by atoms with Crippen molar-refractivity contribution in [2.75, 3.05) is 14.2 Å². The van der Waals surface area contributed by atoms with Crippen molar-refractivity contribution in [3.8, 4) is 0 Å². The fourth-order valence-electron chi connectivity index (χ4n) is 5.16. The van der Waals surface area contributed by atoms with Gasteiger partial charge in [0.15, 0.2) is 0 Å². The summed E-state index contributed by atoms with van der Waals surface area (Å²) >= 11 is 0. The summed E-state index contributed by atoms with van der Waals surface area (Å²) in [6.45, 7) is 12.1. The first-order valence-electron chi connectivity index (χ1n) is 13.8. The van der Waals surface area contributed by atoms with Crippen LogP contribution in [0.4, 0.5) is 0 Å². The maximum Gasteiger partial charge on any atom is 0.309 e. The number of carbonyl (C=O) groups excluding carboxylic acids is 1. The predicted molar refractivity (Wildman–Crippen MR) is 145 cm³/mol. The van der Waals surface area contributed by atoms with Crippen molar-refractivity contribution < 1.29 is 34.0 Å². The zero-order chi connectivity index (χ0) is 27.8. The van der Waals surface area contributed by atoms with Crippen LogP contribution in [-0.2, 0) is 23.7 Å². The maximum absolute atomic E-state index is 12.6. The van der Waals surface area contributed by atoms with Crippen molar-refractivity contribution in [1.29, 1.82) is 0 Å². The zero-order valence-corrected chi connectivity index (χ0v) is 24.1. The largest absolute Gasteiger partial charge is 0.457 e. The molecule has 0 amide bonds. The number of rotatable bonds is 10. The van der Waals surface area contributed by atoms with Crippen LogP contribution >= 0.6 is 0 Å². The lowest BCUT2D eigenvalue weighted by atomic mass is 9.88. The third-order valence-electron chi connectivity index (χ3n) is 8.04. The standard InChI is InChI=1S/C30H50O7/c1-9-24(32)22(5)29-25(36-29)17-19(2)11-10-12-20(3)28-21(4)13-14-26(34-7)30(6,35-8)16-15-23(31)18-27(33)37-28/h10-14,19,21-26,28-29,31-32H,9,15-18H2,1-8H3/b11-10+,14-13-,20-12+. The van der Waals surface area contributed by atoms with Crippen LogP contribution in [-0.4, -0.2) is 72.6 Å². The topological polar surface area (TPSA) is 97.8 Å². The molecule has 0 aliphatic carbocycles. The minimum atomic E-state index is -0.807. The highest BCUT2D eigenvalue weighted by Crippen LogP contribution is 2.36. The highest BCUT2D eigenvalue weighted by molar-refractivity contribution is 5.70. The first-order chi connectivity index (χ1) is 17.4. The van der Waals surface area contributed by atoms with Gasteiger partial charge in [0.1, 0.15) is 12.2 Å². The normalized spacial score (nSPS) is 37.2. The molecule has 2 aliphatic heterocycles. The summed E-state index contributed by atoms with van der Waals surface area (Å²) < 4.78 is 23.2. The van der Waals surface area contributed by atoms with E-state index in [1.165, 1.54) is 0 Å². The van der Waals surface area contributed by atoms with Crippen LogP contribution in [0.15, 0.2) is 36.0 Å². The Labute approximate surface area is 223 Å². The van der Waals surface area contributed by atoms with Crippen molar-refractivity contribution in [3.63, 3.8) is 0 Å². The maximum atomic E-state index is 12.6. The van der Waals surface area contributed by atoms with E-state index in [-0.39, 0.29) is 42.7 Å². The highest BCUT2D eigenvalue weighted by Gasteiger charge is 2.45. The van der Waals surface area contributed by atoms with Crippen LogP contribution in [0.1, 0.15) is 73.6 Å². The molecule has 0 bridgehead atoms. The Balaban J connectivity index is 2.10. The van der Waals surface area contributed by atoms with E-state index in [0.29, 0.717) is 18.8 Å². The molecule has 0 radical (unpaired) electrons. The number of ether oxygens (including phenoxy) is 4. The van der Waals surface area contributed by atoms with Crippen LogP contribution in [0.3, 0.4) is 0 Å². The summed E-state index contributed by atoms with van der Waals surface area (Å²) in [5.74, 6) is -0.0539. The predicted octanol–water partition coefficient (Wildman–Crippen LogP) is 4.76. The van der Waals surface area contributed by atoms with Gasteiger partial charge < -0.3 is 29.2 Å². The van der Waals surface area contributed by atoms with E-state index in [9.17, 15) is 15.0 Å². The third kappa shape index (κ3) is 9.32. The number of esters is 1. The van der Waals surface area contributed by atoms with Gasteiger partial charge in [-0.3, -0.25) is 4.79 Å². The zero-order valence-electron chi connectivity index (χ0n) is 24.1. The molecule has 2 N–H and O–H groups in total. The van der Waals surface area contributed by atoms with E-state index in [4.69, 9.17) is 18.9 Å². The van der Waals surface area contributed by atoms with Crippen LogP contribution < -0.4 is 0 Å². The molecule has 1 saturated heterocycles. The first-order valence-corrected chi connectivity index (χ1v) is 13.8. The summed E-state index contributed by atoms with van der Waals surface area (Å²) in [4.78, 5) is 12.6. The monoisotopic (exact) mass is 522 g/mol. The second-order valence-corrected chi connectivity index (χ2v) is 11.2. The van der Waals surface area contributed by atoms with Crippen molar-refractivity contribution >= 4 is 5.97 Å². The Bertz CT molecular complexity index is 806. The number of hydrogen-bond donors (Lipinski definition) is 2. The van der Waals surface area contributed by atoms with Crippen molar-refractivity contribution in [2.24, 2.45) is 17.8 Å². The van der Waals surface area contributed by atoms with Gasteiger partial charge in [-0.2, -0.15) is 0 Å². The summed E-state index contributed by atoms with van der Waals surface area (Å²) in [6.07, 6.45) is 11.1. The number of hydrogen-bond acceptors (Lipinski definition) is 7. The molecule has 212 valence electrons. The molecule has 7 nitrogen and oxygen atoms in total. The number of epoxide rings is 1. The Morgan fingerprint density at radius 2 is 2.00 bits per heavy atom. The molecule has 0 aromatic carbocycles. The van der Waals surface area contributed by atoms with Crippen LogP contribution in [0.5, 0.6) is 0 Å². The SMILES string of the molecule is CCC(O)C(C)C1OC1CC(C)/C=C/C=C(\C)C1OC(=O)CC(O)CCC(C)(OC)C(OC)/C=C\C1C. The summed E-state index contributed by atoms with van der Waals surface area (Å²) in [5.41, 5.74) is 0.301. The number of allylic oxidation sites excluding steroid dienone is 3. The first kappa shape index (κ1) is 31.7. The molecule has 10 atom stereocenters. The van der Waals surface area contributed by atoms with Gasteiger partial charge >= 0.3 is 5.97 Å². The molecule has 7 heteroatoms. The van der Waals surface area contributed by atoms with Crippen molar-refractivity contribution in [1.82, 2.24) is 0 Å². The van der Waals surface area contributed by atoms with E-state index in [0.717, 1.165) is 18.4 Å². The molecule has 37 heavy (non-hydrogen) atoms. The Hall–Kier alpha value is -1.51. The van der Waals surface area contributed by atoms with Gasteiger partial charge in [0.05, 0.1) is 36.4 Å². The lowest BCUT2D eigenvalue weighted by molar-refractivity contribution is -0.151. The molecular formula is C30H50O7. The van der Waals surface area contributed by atoms with E-state index >= 15 is 0 Å². The minimum absolute atomic E-state index is 0.0573. The average molecular weight is 523 g/mol. The summed E-state index contributed by atoms with van der Waals surface area (Å²) in [6, 6.07) is 0. The number of cyclic esters (lactones) is 1. The fourth-order valence-corrected chi connectivity index (χ4v) is 5.16. The number of carbonyl (C=O) groups is 1. The van der Waals surface area contributed by atoms with Crippen molar-refractivity contribution in [3.05, 3.63) is 36.0 Å². The molecule has 2 heterocycles. The molecule has 2 aliphatic rings. The third-order valence-corrected chi connectivity index (χ3v) is 8.04. The molecule has 0 aromatic heterocycles. The van der Waals surface area contributed by atoms with Gasteiger partial charge in [-0.15, -0.1) is 0 Å². The number of aliphatic hydroxyl groups is 2. The Morgan fingerprint density at radius 1 is 1.30 bits per heavy atom. The molecule has 10 unspecified atom stereocenters. The number of aliphatic hydroxyl groups excluding tert-OH is 2. The van der Waals surface area contributed by atoms with Gasteiger partial charge in [0.2, 0.25) is 0 Å². The Morgan fingerprint density at radius 3 is 2.62 bits per heavy atom.